The van der Waals surface area contributed by atoms with Crippen molar-refractivity contribution in [1.29, 1.82) is 0 Å². The van der Waals surface area contributed by atoms with E-state index in [9.17, 15) is 13.2 Å². The van der Waals surface area contributed by atoms with Gasteiger partial charge in [-0.1, -0.05) is 18.2 Å². The van der Waals surface area contributed by atoms with Crippen molar-refractivity contribution >= 4 is 0 Å². The highest BCUT2D eigenvalue weighted by atomic mass is 19.4. The molecule has 3 aromatic rings. The van der Waals surface area contributed by atoms with Crippen LogP contribution in [0.15, 0.2) is 48.9 Å². The molecule has 124 valence electrons. The van der Waals surface area contributed by atoms with Gasteiger partial charge in [-0.3, -0.25) is 0 Å². The van der Waals surface area contributed by atoms with E-state index < -0.39 is 11.7 Å². The molecule has 0 amide bonds. The van der Waals surface area contributed by atoms with Crippen LogP contribution in [0.25, 0.3) is 5.69 Å². The van der Waals surface area contributed by atoms with E-state index in [0.29, 0.717) is 23.0 Å². The van der Waals surface area contributed by atoms with Crippen LogP contribution < -0.4 is 4.74 Å². The molecule has 3 rings (SSSR count). The van der Waals surface area contributed by atoms with Crippen molar-refractivity contribution in [2.75, 3.05) is 7.11 Å². The third kappa shape index (κ3) is 3.53. The van der Waals surface area contributed by atoms with Gasteiger partial charge in [-0.25, -0.2) is 14.6 Å². The summed E-state index contributed by atoms with van der Waals surface area (Å²) in [6.45, 7) is 0. The highest BCUT2D eigenvalue weighted by Crippen LogP contribution is 2.29. The molecule has 8 heteroatoms. The zero-order valence-electron chi connectivity index (χ0n) is 12.7. The summed E-state index contributed by atoms with van der Waals surface area (Å²) in [5.41, 5.74) is 0.512. The molecule has 0 bridgehead atoms. The average Bonchev–Trinajstić information content (AvgIpc) is 3.03. The number of ether oxygens (including phenoxy) is 1. The van der Waals surface area contributed by atoms with Gasteiger partial charge in [0, 0.05) is 18.7 Å². The van der Waals surface area contributed by atoms with E-state index in [2.05, 4.69) is 15.1 Å². The highest BCUT2D eigenvalue weighted by molar-refractivity contribution is 5.33. The van der Waals surface area contributed by atoms with E-state index in [4.69, 9.17) is 4.74 Å². The zero-order valence-corrected chi connectivity index (χ0v) is 12.7. The van der Waals surface area contributed by atoms with Crippen LogP contribution in [0.3, 0.4) is 0 Å². The maximum absolute atomic E-state index is 12.8. The minimum absolute atomic E-state index is 0.207. The molecule has 0 N–H and O–H groups in total. The Kier molecular flexibility index (Phi) is 4.20. The fourth-order valence-electron chi connectivity index (χ4n) is 2.20. The predicted molar refractivity (Wildman–Crippen MR) is 80.0 cm³/mol. The average molecular weight is 334 g/mol. The molecule has 1 aromatic carbocycles. The lowest BCUT2D eigenvalue weighted by atomic mass is 10.1. The number of pyridine rings is 1. The van der Waals surface area contributed by atoms with E-state index in [1.807, 2.05) is 0 Å². The third-order valence-corrected chi connectivity index (χ3v) is 3.35. The summed E-state index contributed by atoms with van der Waals surface area (Å²) >= 11 is 0. The molecule has 0 spiro atoms. The first-order valence-electron chi connectivity index (χ1n) is 7.03. The normalized spacial score (nSPS) is 11.5. The Hall–Kier alpha value is -2.90. The predicted octanol–water partition coefficient (Wildman–Crippen LogP) is 3.28. The first kappa shape index (κ1) is 16.0. The maximum atomic E-state index is 12.8. The molecule has 0 aliphatic carbocycles. The number of hydrogen-bond acceptors (Lipinski definition) is 4. The van der Waals surface area contributed by atoms with Crippen LogP contribution >= 0.6 is 0 Å². The van der Waals surface area contributed by atoms with Crippen molar-refractivity contribution in [3.63, 3.8) is 0 Å². The molecule has 24 heavy (non-hydrogen) atoms. The second-order valence-electron chi connectivity index (χ2n) is 5.04. The maximum Gasteiger partial charge on any atom is 0.416 e. The molecule has 0 aliphatic rings. The molecule has 5 nitrogen and oxygen atoms in total. The molecule has 0 unspecified atom stereocenters. The number of aromatic nitrogens is 4. The topological polar surface area (TPSA) is 52.8 Å². The van der Waals surface area contributed by atoms with Gasteiger partial charge in [-0.15, -0.1) is 0 Å². The largest absolute Gasteiger partial charge is 0.481 e. The Morgan fingerprint density at radius 2 is 1.96 bits per heavy atom. The fraction of sp³-hybridized carbons (Fsp3) is 0.188. The Morgan fingerprint density at radius 1 is 1.12 bits per heavy atom. The number of nitrogens with zero attached hydrogens (tertiary/aromatic N) is 4. The molecular formula is C16H13F3N4O. The van der Waals surface area contributed by atoms with Crippen LogP contribution in [0.4, 0.5) is 13.2 Å². The summed E-state index contributed by atoms with van der Waals surface area (Å²) < 4.78 is 44.8. The van der Waals surface area contributed by atoms with Crippen LogP contribution in [0.1, 0.15) is 17.0 Å². The quantitative estimate of drug-likeness (QED) is 0.735. The van der Waals surface area contributed by atoms with Crippen molar-refractivity contribution in [3.05, 3.63) is 65.9 Å². The van der Waals surface area contributed by atoms with Crippen molar-refractivity contribution in [3.8, 4) is 11.6 Å². The van der Waals surface area contributed by atoms with Crippen LogP contribution in [-0.4, -0.2) is 26.9 Å². The molecule has 0 radical (unpaired) electrons. The van der Waals surface area contributed by atoms with Crippen LogP contribution in [0, 0.1) is 0 Å². The van der Waals surface area contributed by atoms with Crippen LogP contribution in [-0.2, 0) is 12.6 Å². The first-order chi connectivity index (χ1) is 11.5. The molecule has 0 atom stereocenters. The fourth-order valence-corrected chi connectivity index (χ4v) is 2.20. The molecular weight excluding hydrogens is 321 g/mol. The van der Waals surface area contributed by atoms with E-state index in [1.165, 1.54) is 24.2 Å². The van der Waals surface area contributed by atoms with E-state index >= 15 is 0 Å². The van der Waals surface area contributed by atoms with Crippen LogP contribution in [0.2, 0.25) is 0 Å². The summed E-state index contributed by atoms with van der Waals surface area (Å²) in [4.78, 5) is 8.14. The second kappa shape index (κ2) is 6.31. The molecule has 0 aliphatic heterocycles. The Labute approximate surface area is 135 Å². The number of methoxy groups -OCH3 is 1. The number of hydrogen-bond donors (Lipinski definition) is 0. The summed E-state index contributed by atoms with van der Waals surface area (Å²) in [6, 6.07) is 8.55. The van der Waals surface area contributed by atoms with E-state index in [-0.39, 0.29) is 6.42 Å². The minimum atomic E-state index is -4.36. The first-order valence-corrected chi connectivity index (χ1v) is 7.03. The van der Waals surface area contributed by atoms with Gasteiger partial charge in [0.2, 0.25) is 5.88 Å². The van der Waals surface area contributed by atoms with Gasteiger partial charge in [-0.05, 0) is 17.7 Å². The van der Waals surface area contributed by atoms with Gasteiger partial charge in [0.1, 0.15) is 6.33 Å². The Balaban J connectivity index is 1.81. The zero-order chi connectivity index (χ0) is 17.2. The van der Waals surface area contributed by atoms with E-state index in [1.54, 1.807) is 24.4 Å². The SMILES string of the molecule is COc1cc(-n2cnc(Cc3cccc(C(F)(F)F)c3)n2)ccn1. The summed E-state index contributed by atoms with van der Waals surface area (Å²) in [7, 11) is 1.51. The summed E-state index contributed by atoms with van der Waals surface area (Å²) in [5.74, 6) is 0.854. The summed E-state index contributed by atoms with van der Waals surface area (Å²) in [6.07, 6.45) is -1.09. The van der Waals surface area contributed by atoms with Gasteiger partial charge in [0.25, 0.3) is 0 Å². The summed E-state index contributed by atoms with van der Waals surface area (Å²) in [5, 5.41) is 4.28. The number of halogens is 3. The van der Waals surface area contributed by atoms with Crippen LogP contribution in [0.5, 0.6) is 5.88 Å². The lowest BCUT2D eigenvalue weighted by Crippen LogP contribution is -2.05. The second-order valence-corrected chi connectivity index (χ2v) is 5.04. The van der Waals surface area contributed by atoms with Gasteiger partial charge < -0.3 is 4.74 Å². The lowest BCUT2D eigenvalue weighted by molar-refractivity contribution is -0.137. The minimum Gasteiger partial charge on any atom is -0.481 e. The van der Waals surface area contributed by atoms with Crippen molar-refractivity contribution < 1.29 is 17.9 Å². The molecule has 2 aromatic heterocycles. The van der Waals surface area contributed by atoms with Crippen molar-refractivity contribution in [2.45, 2.75) is 12.6 Å². The van der Waals surface area contributed by atoms with Gasteiger partial charge in [0.05, 0.1) is 18.4 Å². The smallest absolute Gasteiger partial charge is 0.416 e. The molecule has 0 fully saturated rings. The van der Waals surface area contributed by atoms with Crippen molar-refractivity contribution in [2.24, 2.45) is 0 Å². The van der Waals surface area contributed by atoms with Gasteiger partial charge >= 0.3 is 6.18 Å². The Bertz CT molecular complexity index is 845. The lowest BCUT2D eigenvalue weighted by Gasteiger charge is -2.07. The van der Waals surface area contributed by atoms with Gasteiger partial charge in [-0.2, -0.15) is 18.3 Å². The standard InChI is InChI=1S/C16H13F3N4O/c1-24-15-9-13(5-6-20-15)23-10-21-14(22-23)8-11-3-2-4-12(7-11)16(17,18)19/h2-7,9-10H,8H2,1H3. The Morgan fingerprint density at radius 3 is 2.71 bits per heavy atom. The van der Waals surface area contributed by atoms with E-state index in [0.717, 1.165) is 12.1 Å². The third-order valence-electron chi connectivity index (χ3n) is 3.35. The number of alkyl halides is 3. The molecule has 0 saturated carbocycles. The molecule has 2 heterocycles. The van der Waals surface area contributed by atoms with Gasteiger partial charge in [0.15, 0.2) is 5.82 Å². The molecule has 0 saturated heterocycles. The highest BCUT2D eigenvalue weighted by Gasteiger charge is 2.30. The van der Waals surface area contributed by atoms with Crippen molar-refractivity contribution in [1.82, 2.24) is 19.7 Å². The monoisotopic (exact) mass is 334 g/mol. The number of rotatable bonds is 4. The number of benzene rings is 1.